The molecule has 4 rings (SSSR count). The lowest BCUT2D eigenvalue weighted by Crippen LogP contribution is -2.41. The average Bonchev–Trinajstić information content (AvgIpc) is 3.10. The van der Waals surface area contributed by atoms with Gasteiger partial charge in [0.05, 0.1) is 6.54 Å². The van der Waals surface area contributed by atoms with Gasteiger partial charge < -0.3 is 19.6 Å². The lowest BCUT2D eigenvalue weighted by Gasteiger charge is -2.29. The van der Waals surface area contributed by atoms with Crippen molar-refractivity contribution in [2.45, 2.75) is 33.2 Å². The van der Waals surface area contributed by atoms with Gasteiger partial charge in [-0.25, -0.2) is 4.79 Å². The molecule has 166 valence electrons. The maximum atomic E-state index is 13.3. The van der Waals surface area contributed by atoms with Crippen LogP contribution in [0.4, 0.5) is 10.5 Å². The van der Waals surface area contributed by atoms with Crippen molar-refractivity contribution in [1.82, 2.24) is 19.9 Å². The molecule has 3 aromatic rings. The van der Waals surface area contributed by atoms with Gasteiger partial charge in [0.2, 0.25) is 0 Å². The van der Waals surface area contributed by atoms with Crippen molar-refractivity contribution < 1.29 is 14.1 Å². The third-order valence-electron chi connectivity index (χ3n) is 5.84. The van der Waals surface area contributed by atoms with E-state index in [-0.39, 0.29) is 18.5 Å². The van der Waals surface area contributed by atoms with E-state index in [1.165, 1.54) is 0 Å². The number of aryl methyl sites for hydroxylation is 2. The first-order chi connectivity index (χ1) is 15.4. The Morgan fingerprint density at radius 3 is 2.53 bits per heavy atom. The van der Waals surface area contributed by atoms with E-state index in [2.05, 4.69) is 15.5 Å². The second-order valence-corrected chi connectivity index (χ2v) is 8.04. The highest BCUT2D eigenvalue weighted by Crippen LogP contribution is 2.27. The molecular weight excluding hydrogens is 406 g/mol. The molecule has 1 aromatic heterocycles. The highest BCUT2D eigenvalue weighted by Gasteiger charge is 2.35. The number of hydrogen-bond acceptors (Lipinski definition) is 5. The van der Waals surface area contributed by atoms with Gasteiger partial charge in [-0.15, -0.1) is 0 Å². The molecule has 0 aliphatic carbocycles. The molecule has 1 N–H and O–H groups in total. The second-order valence-electron chi connectivity index (χ2n) is 8.04. The molecule has 1 aliphatic heterocycles. The summed E-state index contributed by atoms with van der Waals surface area (Å²) in [6.07, 6.45) is 0.641. The molecule has 0 bridgehead atoms. The van der Waals surface area contributed by atoms with Crippen molar-refractivity contribution in [2.75, 3.05) is 25.0 Å². The first-order valence-corrected chi connectivity index (χ1v) is 10.7. The average molecular weight is 434 g/mol. The quantitative estimate of drug-likeness (QED) is 0.671. The van der Waals surface area contributed by atoms with E-state index in [1.807, 2.05) is 50.2 Å². The zero-order valence-electron chi connectivity index (χ0n) is 18.5. The lowest BCUT2D eigenvalue weighted by atomic mass is 10.1. The Balaban J connectivity index is 1.60. The van der Waals surface area contributed by atoms with E-state index < -0.39 is 6.04 Å². The topological polar surface area (TPSA) is 91.6 Å². The number of carbonyl (C=O) groups excluding carboxylic acids is 2. The van der Waals surface area contributed by atoms with Crippen LogP contribution in [0.2, 0.25) is 0 Å². The van der Waals surface area contributed by atoms with Crippen LogP contribution >= 0.6 is 0 Å². The molecular formula is C24H27N5O3. The fourth-order valence-corrected chi connectivity index (χ4v) is 3.90. The molecule has 1 fully saturated rings. The summed E-state index contributed by atoms with van der Waals surface area (Å²) in [5.74, 6) is 0.698. The molecule has 8 heteroatoms. The largest absolute Gasteiger partial charge is 0.337 e. The number of hydrogen-bond donors (Lipinski definition) is 1. The number of anilines is 1. The first-order valence-electron chi connectivity index (χ1n) is 10.7. The van der Waals surface area contributed by atoms with Crippen molar-refractivity contribution in [3.05, 3.63) is 76.9 Å². The molecule has 1 atom stereocenters. The smallest absolute Gasteiger partial charge is 0.321 e. The van der Waals surface area contributed by atoms with Crippen LogP contribution in [0, 0.1) is 20.8 Å². The fourth-order valence-electron chi connectivity index (χ4n) is 3.90. The highest BCUT2D eigenvalue weighted by molar-refractivity contribution is 5.94. The van der Waals surface area contributed by atoms with Gasteiger partial charge in [-0.05, 0) is 56.5 Å². The third kappa shape index (κ3) is 4.49. The van der Waals surface area contributed by atoms with Gasteiger partial charge in [0.15, 0.2) is 5.82 Å². The summed E-state index contributed by atoms with van der Waals surface area (Å²) in [6, 6.07) is 14.2. The van der Waals surface area contributed by atoms with Crippen molar-refractivity contribution in [2.24, 2.45) is 0 Å². The molecule has 1 unspecified atom stereocenters. The monoisotopic (exact) mass is 433 g/mol. The van der Waals surface area contributed by atoms with Crippen molar-refractivity contribution in [3.63, 3.8) is 0 Å². The summed E-state index contributed by atoms with van der Waals surface area (Å²) in [7, 11) is 0. The Labute approximate surface area is 187 Å². The number of benzene rings is 2. The minimum atomic E-state index is -0.532. The summed E-state index contributed by atoms with van der Waals surface area (Å²) in [4.78, 5) is 34.3. The highest BCUT2D eigenvalue weighted by atomic mass is 16.5. The van der Waals surface area contributed by atoms with Crippen LogP contribution < -0.4 is 5.32 Å². The maximum absolute atomic E-state index is 13.3. The molecule has 2 heterocycles. The Kier molecular flexibility index (Phi) is 6.20. The zero-order chi connectivity index (χ0) is 22.7. The fraction of sp³-hybridized carbons (Fsp3) is 0.333. The van der Waals surface area contributed by atoms with E-state index in [0.29, 0.717) is 36.8 Å². The summed E-state index contributed by atoms with van der Waals surface area (Å²) in [5, 5.41) is 6.92. The third-order valence-corrected chi connectivity index (χ3v) is 5.84. The van der Waals surface area contributed by atoms with Gasteiger partial charge >= 0.3 is 6.03 Å². The maximum Gasteiger partial charge on any atom is 0.321 e. The van der Waals surface area contributed by atoms with Crippen LogP contribution in [0.1, 0.15) is 45.7 Å². The number of amides is 3. The molecule has 2 aromatic carbocycles. The van der Waals surface area contributed by atoms with Crippen LogP contribution in [-0.4, -0.2) is 51.5 Å². The van der Waals surface area contributed by atoms with Gasteiger partial charge in [0.1, 0.15) is 6.04 Å². The Morgan fingerprint density at radius 2 is 1.81 bits per heavy atom. The van der Waals surface area contributed by atoms with E-state index in [0.717, 1.165) is 16.8 Å². The van der Waals surface area contributed by atoms with Crippen molar-refractivity contribution >= 4 is 17.6 Å². The number of nitrogens with zero attached hydrogens (tertiary/aromatic N) is 4. The second kappa shape index (κ2) is 9.21. The number of aromatic nitrogens is 2. The molecule has 1 aliphatic rings. The van der Waals surface area contributed by atoms with Gasteiger partial charge in [0, 0.05) is 24.3 Å². The van der Waals surface area contributed by atoms with Crippen molar-refractivity contribution in [3.8, 4) is 0 Å². The lowest BCUT2D eigenvalue weighted by molar-refractivity contribution is 0.0641. The van der Waals surface area contributed by atoms with E-state index in [9.17, 15) is 9.59 Å². The number of urea groups is 1. The van der Waals surface area contributed by atoms with E-state index in [4.69, 9.17) is 4.52 Å². The molecule has 32 heavy (non-hydrogen) atoms. The van der Waals surface area contributed by atoms with Gasteiger partial charge in [0.25, 0.3) is 11.8 Å². The number of carbonyl (C=O) groups is 2. The molecule has 0 spiro atoms. The van der Waals surface area contributed by atoms with Crippen LogP contribution in [0.3, 0.4) is 0 Å². The Bertz CT molecular complexity index is 1110. The first kappa shape index (κ1) is 21.5. The molecule has 8 nitrogen and oxygen atoms in total. The normalized spacial score (nSPS) is 16.5. The van der Waals surface area contributed by atoms with Crippen LogP contribution in [-0.2, 0) is 0 Å². The summed E-state index contributed by atoms with van der Waals surface area (Å²) >= 11 is 0. The molecule has 1 saturated heterocycles. The van der Waals surface area contributed by atoms with Crippen molar-refractivity contribution in [1.29, 1.82) is 0 Å². The van der Waals surface area contributed by atoms with Crippen LogP contribution in [0.5, 0.6) is 0 Å². The molecule has 0 saturated carbocycles. The zero-order valence-corrected chi connectivity index (χ0v) is 18.5. The summed E-state index contributed by atoms with van der Waals surface area (Å²) < 4.78 is 5.44. The number of nitrogens with one attached hydrogen (secondary N) is 1. The minimum Gasteiger partial charge on any atom is -0.337 e. The minimum absolute atomic E-state index is 0.122. The van der Waals surface area contributed by atoms with Crippen LogP contribution in [0.15, 0.2) is 53.1 Å². The Morgan fingerprint density at radius 1 is 1.03 bits per heavy atom. The summed E-state index contributed by atoms with van der Waals surface area (Å²) in [5.41, 5.74) is 3.50. The molecule has 3 amide bonds. The predicted molar refractivity (Wildman–Crippen MR) is 120 cm³/mol. The number of rotatable bonds is 3. The van der Waals surface area contributed by atoms with Gasteiger partial charge in [-0.2, -0.15) is 4.98 Å². The standard InChI is InChI=1S/C24H27N5O3/c1-16-9-7-12-20(17(16)2)26-24(31)28-13-8-14-29(23(30)19-10-5-4-6-11-19)21(15-28)22-25-18(3)27-32-22/h4-7,9-12,21H,8,13-15H2,1-3H3,(H,26,31). The van der Waals surface area contributed by atoms with Gasteiger partial charge in [-0.3, -0.25) is 4.79 Å². The van der Waals surface area contributed by atoms with E-state index in [1.54, 1.807) is 28.9 Å². The Hall–Kier alpha value is -3.68. The van der Waals surface area contributed by atoms with Crippen LogP contribution in [0.25, 0.3) is 0 Å². The SMILES string of the molecule is Cc1noc(C2CN(C(=O)Nc3cccc(C)c3C)CCCN2C(=O)c2ccccc2)n1. The summed E-state index contributed by atoms with van der Waals surface area (Å²) in [6.45, 7) is 6.98. The van der Waals surface area contributed by atoms with Gasteiger partial charge in [-0.1, -0.05) is 35.5 Å². The van der Waals surface area contributed by atoms with E-state index >= 15 is 0 Å². The predicted octanol–water partition coefficient (Wildman–Crippen LogP) is 4.12. The molecule has 0 radical (unpaired) electrons.